The summed E-state index contributed by atoms with van der Waals surface area (Å²) in [5.41, 5.74) is 0. The molecule has 2 atom stereocenters. The summed E-state index contributed by atoms with van der Waals surface area (Å²) in [4.78, 5) is 0. The van der Waals surface area contributed by atoms with Crippen LogP contribution in [0.1, 0.15) is 117 Å². The summed E-state index contributed by atoms with van der Waals surface area (Å²) in [6, 6.07) is 0. The van der Waals surface area contributed by atoms with Crippen molar-refractivity contribution in [3.63, 3.8) is 0 Å². The van der Waals surface area contributed by atoms with Crippen molar-refractivity contribution in [3.05, 3.63) is 0 Å². The summed E-state index contributed by atoms with van der Waals surface area (Å²) in [6.45, 7) is 4.02. The molecule has 0 rings (SSSR count). The van der Waals surface area contributed by atoms with Crippen molar-refractivity contribution in [2.75, 3.05) is 0 Å². The molecule has 4 nitrogen and oxygen atoms in total. The lowest BCUT2D eigenvalue weighted by atomic mass is 10.0. The van der Waals surface area contributed by atoms with Crippen LogP contribution in [0, 0.1) is 0 Å². The smallest absolute Gasteiger partial charge is 0.267 e. The maximum absolute atomic E-state index is 11.1. The molecule has 0 fully saturated rings. The Morgan fingerprint density at radius 1 is 0.680 bits per heavy atom. The zero-order valence-corrected chi connectivity index (χ0v) is 17.4. The molecular formula is C20H42O4S. The number of unbranched alkanes of at least 4 members (excludes halogenated alkanes) is 10. The van der Waals surface area contributed by atoms with Crippen LogP contribution in [0.2, 0.25) is 0 Å². The lowest BCUT2D eigenvalue weighted by molar-refractivity contribution is 0.147. The summed E-state index contributed by atoms with van der Waals surface area (Å²) < 4.78 is 31.3. The summed E-state index contributed by atoms with van der Waals surface area (Å²) in [7, 11) is -3.86. The number of hydrogen-bond acceptors (Lipinski definition) is 3. The third-order valence-electron chi connectivity index (χ3n) is 5.08. The Kier molecular flexibility index (Phi) is 16.0. The highest BCUT2D eigenvalue weighted by molar-refractivity contribution is 7.86. The van der Waals surface area contributed by atoms with Gasteiger partial charge in [-0.3, -0.25) is 4.55 Å². The zero-order valence-electron chi connectivity index (χ0n) is 16.6. The SMILES string of the molecule is CCCCCCCC(O)CCCCCCCCCC(CC)S(=O)(=O)O. The number of rotatable bonds is 18. The van der Waals surface area contributed by atoms with Crippen LogP contribution in [0.25, 0.3) is 0 Å². The van der Waals surface area contributed by atoms with E-state index in [0.29, 0.717) is 12.8 Å². The topological polar surface area (TPSA) is 74.6 Å². The quantitative estimate of drug-likeness (QED) is 0.230. The van der Waals surface area contributed by atoms with Crippen LogP contribution < -0.4 is 0 Å². The Balaban J connectivity index is 3.38. The zero-order chi connectivity index (χ0) is 19.0. The van der Waals surface area contributed by atoms with Gasteiger partial charge in [0.05, 0.1) is 11.4 Å². The predicted molar refractivity (Wildman–Crippen MR) is 107 cm³/mol. The Labute approximate surface area is 156 Å². The molecule has 0 saturated carbocycles. The first-order valence-corrected chi connectivity index (χ1v) is 12.1. The van der Waals surface area contributed by atoms with E-state index in [2.05, 4.69) is 6.92 Å². The summed E-state index contributed by atoms with van der Waals surface area (Å²) in [6.07, 6.45) is 16.8. The summed E-state index contributed by atoms with van der Waals surface area (Å²) in [5, 5.41) is 9.36. The van der Waals surface area contributed by atoms with Crippen LogP contribution >= 0.6 is 0 Å². The first-order valence-electron chi connectivity index (χ1n) is 10.6. The molecule has 0 amide bonds. The Morgan fingerprint density at radius 2 is 1.08 bits per heavy atom. The highest BCUT2D eigenvalue weighted by atomic mass is 32.2. The molecule has 2 unspecified atom stereocenters. The molecule has 0 spiro atoms. The van der Waals surface area contributed by atoms with E-state index in [4.69, 9.17) is 4.55 Å². The Bertz CT molecular complexity index is 381. The van der Waals surface area contributed by atoms with E-state index in [1.54, 1.807) is 6.92 Å². The molecule has 152 valence electrons. The average Bonchev–Trinajstić information content (AvgIpc) is 2.55. The van der Waals surface area contributed by atoms with Gasteiger partial charge in [-0.2, -0.15) is 8.42 Å². The molecule has 0 bridgehead atoms. The van der Waals surface area contributed by atoms with Gasteiger partial charge in [0.15, 0.2) is 0 Å². The fourth-order valence-corrected chi connectivity index (χ4v) is 4.21. The molecule has 0 aliphatic heterocycles. The Hall–Kier alpha value is -0.130. The number of aliphatic hydroxyl groups excluding tert-OH is 1. The average molecular weight is 379 g/mol. The molecule has 0 aliphatic carbocycles. The minimum absolute atomic E-state index is 0.118. The highest BCUT2D eigenvalue weighted by Gasteiger charge is 2.19. The molecule has 2 N–H and O–H groups in total. The Morgan fingerprint density at radius 3 is 1.48 bits per heavy atom. The standard InChI is InChI=1S/C20H42O4S/c1-3-5-6-10-13-16-19(21)17-14-11-8-7-9-12-15-18-20(4-2)25(22,23)24/h19-21H,3-18H2,1-2H3,(H,22,23,24). The van der Waals surface area contributed by atoms with Crippen molar-refractivity contribution in [2.24, 2.45) is 0 Å². The van der Waals surface area contributed by atoms with Gasteiger partial charge in [-0.25, -0.2) is 0 Å². The van der Waals surface area contributed by atoms with Crippen molar-refractivity contribution >= 4 is 10.1 Å². The maximum Gasteiger partial charge on any atom is 0.267 e. The second-order valence-electron chi connectivity index (χ2n) is 7.45. The first kappa shape index (κ1) is 24.9. The lowest BCUT2D eigenvalue weighted by Gasteiger charge is -2.11. The molecule has 0 aromatic rings. The van der Waals surface area contributed by atoms with Gasteiger partial charge < -0.3 is 5.11 Å². The molecule has 0 saturated heterocycles. The van der Waals surface area contributed by atoms with Crippen molar-refractivity contribution < 1.29 is 18.1 Å². The molecule has 0 aromatic carbocycles. The van der Waals surface area contributed by atoms with Crippen molar-refractivity contribution in [2.45, 2.75) is 128 Å². The largest absolute Gasteiger partial charge is 0.393 e. The summed E-state index contributed by atoms with van der Waals surface area (Å²) in [5.74, 6) is 0. The summed E-state index contributed by atoms with van der Waals surface area (Å²) >= 11 is 0. The van der Waals surface area contributed by atoms with Gasteiger partial charge in [0.25, 0.3) is 10.1 Å². The molecule has 25 heavy (non-hydrogen) atoms. The second-order valence-corrected chi connectivity index (χ2v) is 9.15. The van der Waals surface area contributed by atoms with Gasteiger partial charge in [-0.1, -0.05) is 90.9 Å². The van der Waals surface area contributed by atoms with E-state index in [9.17, 15) is 13.5 Å². The van der Waals surface area contributed by atoms with E-state index in [1.807, 2.05) is 0 Å². The molecule has 0 aromatic heterocycles. The fourth-order valence-electron chi connectivity index (χ4n) is 3.33. The molecule has 0 heterocycles. The van der Waals surface area contributed by atoms with Crippen molar-refractivity contribution in [1.29, 1.82) is 0 Å². The minimum Gasteiger partial charge on any atom is -0.393 e. The van der Waals surface area contributed by atoms with Gasteiger partial charge in [0, 0.05) is 0 Å². The lowest BCUT2D eigenvalue weighted by Crippen LogP contribution is -2.19. The third kappa shape index (κ3) is 15.8. The maximum atomic E-state index is 11.1. The molecule has 0 aliphatic rings. The van der Waals surface area contributed by atoms with Crippen LogP contribution in [0.15, 0.2) is 0 Å². The fraction of sp³-hybridized carbons (Fsp3) is 1.00. The van der Waals surface area contributed by atoms with E-state index >= 15 is 0 Å². The van der Waals surface area contributed by atoms with E-state index in [-0.39, 0.29) is 6.10 Å². The normalized spacial score (nSPS) is 14.6. The van der Waals surface area contributed by atoms with Gasteiger partial charge in [-0.05, 0) is 25.7 Å². The predicted octanol–water partition coefficient (Wildman–Crippen LogP) is 5.89. The van der Waals surface area contributed by atoms with Crippen LogP contribution in [-0.2, 0) is 10.1 Å². The third-order valence-corrected chi connectivity index (χ3v) is 6.49. The van der Waals surface area contributed by atoms with E-state index in [1.165, 1.54) is 44.9 Å². The van der Waals surface area contributed by atoms with Crippen LogP contribution in [0.5, 0.6) is 0 Å². The molecule has 5 heteroatoms. The first-order chi connectivity index (χ1) is 11.9. The van der Waals surface area contributed by atoms with Crippen LogP contribution in [0.3, 0.4) is 0 Å². The van der Waals surface area contributed by atoms with Crippen LogP contribution in [0.4, 0.5) is 0 Å². The minimum atomic E-state index is -3.86. The van der Waals surface area contributed by atoms with Gasteiger partial charge >= 0.3 is 0 Å². The molecular weight excluding hydrogens is 336 g/mol. The highest BCUT2D eigenvalue weighted by Crippen LogP contribution is 2.16. The van der Waals surface area contributed by atoms with Gasteiger partial charge in [-0.15, -0.1) is 0 Å². The van der Waals surface area contributed by atoms with Crippen molar-refractivity contribution in [1.82, 2.24) is 0 Å². The second kappa shape index (κ2) is 16.1. The molecule has 0 radical (unpaired) electrons. The number of aliphatic hydroxyl groups is 1. The monoisotopic (exact) mass is 378 g/mol. The van der Waals surface area contributed by atoms with E-state index in [0.717, 1.165) is 44.9 Å². The van der Waals surface area contributed by atoms with Crippen LogP contribution in [-0.4, -0.2) is 29.4 Å². The van der Waals surface area contributed by atoms with Crippen molar-refractivity contribution in [3.8, 4) is 0 Å². The van der Waals surface area contributed by atoms with Gasteiger partial charge in [0.2, 0.25) is 0 Å². The van der Waals surface area contributed by atoms with Gasteiger partial charge in [0.1, 0.15) is 0 Å². The van der Waals surface area contributed by atoms with E-state index < -0.39 is 15.4 Å². The number of hydrogen-bond donors (Lipinski definition) is 2.